The Morgan fingerprint density at radius 3 is 2.50 bits per heavy atom. The Hall–Kier alpha value is -0.570. The van der Waals surface area contributed by atoms with Crippen molar-refractivity contribution in [3.05, 3.63) is 0 Å². The molecule has 8 heavy (non-hydrogen) atoms. The second-order valence-corrected chi connectivity index (χ2v) is 1.78. The van der Waals surface area contributed by atoms with E-state index >= 15 is 0 Å². The molecule has 0 aliphatic heterocycles. The van der Waals surface area contributed by atoms with Gasteiger partial charge in [0.15, 0.2) is 0 Å². The first-order chi connectivity index (χ1) is 3.63. The maximum absolute atomic E-state index is 10.1. The van der Waals surface area contributed by atoms with Crippen molar-refractivity contribution in [2.24, 2.45) is 5.73 Å². The Bertz CT molecular complexity index is 80.5. The molecule has 0 aliphatic rings. The second kappa shape index (κ2) is 3.43. The van der Waals surface area contributed by atoms with Gasteiger partial charge in [-0.1, -0.05) is 0 Å². The molecular formula is C5H11NO2. The van der Waals surface area contributed by atoms with E-state index in [1.165, 1.54) is 6.92 Å². The molecule has 0 spiro atoms. The van der Waals surface area contributed by atoms with E-state index in [1.807, 2.05) is 0 Å². The van der Waals surface area contributed by atoms with Crippen LogP contribution >= 0.6 is 0 Å². The van der Waals surface area contributed by atoms with Crippen LogP contribution in [-0.2, 0) is 9.53 Å². The largest absolute Gasteiger partial charge is 0.464 e. The Kier molecular flexibility index (Phi) is 3.19. The van der Waals surface area contributed by atoms with Gasteiger partial charge < -0.3 is 10.5 Å². The van der Waals surface area contributed by atoms with Gasteiger partial charge in [-0.25, -0.2) is 0 Å². The summed E-state index contributed by atoms with van der Waals surface area (Å²) in [6, 6.07) is -0.0566. The number of ether oxygens (including phenoxy) is 1. The van der Waals surface area contributed by atoms with Crippen molar-refractivity contribution < 1.29 is 9.53 Å². The van der Waals surface area contributed by atoms with E-state index in [-0.39, 0.29) is 12.0 Å². The number of esters is 1. The fraction of sp³-hybridized carbons (Fsp3) is 0.800. The van der Waals surface area contributed by atoms with Crippen LogP contribution in [0.2, 0.25) is 0 Å². The van der Waals surface area contributed by atoms with Gasteiger partial charge in [-0.3, -0.25) is 4.79 Å². The zero-order chi connectivity index (χ0) is 6.57. The molecule has 3 heteroatoms. The Labute approximate surface area is 48.8 Å². The van der Waals surface area contributed by atoms with Gasteiger partial charge in [-0.2, -0.15) is 0 Å². The molecule has 0 aliphatic carbocycles. The van der Waals surface area contributed by atoms with Crippen LogP contribution in [0.25, 0.3) is 0 Å². The van der Waals surface area contributed by atoms with Gasteiger partial charge in [0.1, 0.15) is 6.61 Å². The predicted octanol–water partition coefficient (Wildman–Crippen LogP) is -0.103. The van der Waals surface area contributed by atoms with E-state index in [1.54, 1.807) is 6.92 Å². The molecule has 2 N–H and O–H groups in total. The van der Waals surface area contributed by atoms with Crippen LogP contribution in [0.5, 0.6) is 0 Å². The lowest BCUT2D eigenvalue weighted by Crippen LogP contribution is -2.23. The van der Waals surface area contributed by atoms with Crippen LogP contribution in [-0.4, -0.2) is 18.6 Å². The van der Waals surface area contributed by atoms with Crippen LogP contribution in [0.3, 0.4) is 0 Å². The third kappa shape index (κ3) is 5.43. The van der Waals surface area contributed by atoms with Crippen molar-refractivity contribution in [3.63, 3.8) is 0 Å². The van der Waals surface area contributed by atoms with Crippen molar-refractivity contribution in [3.8, 4) is 0 Å². The smallest absolute Gasteiger partial charge is 0.302 e. The van der Waals surface area contributed by atoms with E-state index in [9.17, 15) is 4.79 Å². The molecule has 1 unspecified atom stereocenters. The molecular weight excluding hydrogens is 106 g/mol. The molecule has 0 amide bonds. The number of hydrogen-bond acceptors (Lipinski definition) is 3. The van der Waals surface area contributed by atoms with E-state index in [4.69, 9.17) is 5.73 Å². The van der Waals surface area contributed by atoms with Crippen LogP contribution in [0.15, 0.2) is 0 Å². The third-order valence-electron chi connectivity index (χ3n) is 0.549. The van der Waals surface area contributed by atoms with Crippen molar-refractivity contribution in [2.75, 3.05) is 6.61 Å². The number of carbonyl (C=O) groups excluding carboxylic acids is 1. The van der Waals surface area contributed by atoms with Gasteiger partial charge in [-0.15, -0.1) is 0 Å². The van der Waals surface area contributed by atoms with E-state index in [0.29, 0.717) is 6.61 Å². The van der Waals surface area contributed by atoms with Crippen LogP contribution < -0.4 is 5.73 Å². The molecule has 48 valence electrons. The number of carbonyl (C=O) groups is 1. The van der Waals surface area contributed by atoms with Gasteiger partial charge in [0.05, 0.1) is 0 Å². The SMILES string of the molecule is CC(=O)OCC(C)N. The van der Waals surface area contributed by atoms with E-state index in [0.717, 1.165) is 0 Å². The summed E-state index contributed by atoms with van der Waals surface area (Å²) in [7, 11) is 0. The fourth-order valence-corrected chi connectivity index (χ4v) is 0.249. The minimum Gasteiger partial charge on any atom is -0.464 e. The Balaban J connectivity index is 3.05. The zero-order valence-electron chi connectivity index (χ0n) is 5.18. The maximum Gasteiger partial charge on any atom is 0.302 e. The summed E-state index contributed by atoms with van der Waals surface area (Å²) in [6.07, 6.45) is 0. The summed E-state index contributed by atoms with van der Waals surface area (Å²) in [6.45, 7) is 3.46. The lowest BCUT2D eigenvalue weighted by molar-refractivity contribution is -0.141. The maximum atomic E-state index is 10.1. The van der Waals surface area contributed by atoms with Gasteiger partial charge in [0.25, 0.3) is 0 Å². The molecule has 1 atom stereocenters. The lowest BCUT2D eigenvalue weighted by Gasteiger charge is -2.02. The molecule has 0 saturated heterocycles. The molecule has 0 heterocycles. The van der Waals surface area contributed by atoms with Gasteiger partial charge in [0.2, 0.25) is 0 Å². The highest BCUT2D eigenvalue weighted by Crippen LogP contribution is 1.78. The minimum atomic E-state index is -0.276. The van der Waals surface area contributed by atoms with Crippen LogP contribution in [0, 0.1) is 0 Å². The summed E-state index contributed by atoms with van der Waals surface area (Å²) < 4.78 is 4.54. The molecule has 0 bridgehead atoms. The standard InChI is InChI=1S/C5H11NO2/c1-4(6)3-8-5(2)7/h4H,3,6H2,1-2H3. The highest BCUT2D eigenvalue weighted by Gasteiger charge is 1.94. The van der Waals surface area contributed by atoms with Crippen LogP contribution in [0.4, 0.5) is 0 Å². The van der Waals surface area contributed by atoms with Crippen molar-refractivity contribution >= 4 is 5.97 Å². The summed E-state index contributed by atoms with van der Waals surface area (Å²) in [5.41, 5.74) is 5.26. The highest BCUT2D eigenvalue weighted by atomic mass is 16.5. The third-order valence-corrected chi connectivity index (χ3v) is 0.549. The number of rotatable bonds is 2. The summed E-state index contributed by atoms with van der Waals surface area (Å²) in [4.78, 5) is 10.1. The molecule has 0 radical (unpaired) electrons. The van der Waals surface area contributed by atoms with E-state index in [2.05, 4.69) is 4.74 Å². The summed E-state index contributed by atoms with van der Waals surface area (Å²) in [5, 5.41) is 0. The molecule has 0 fully saturated rings. The second-order valence-electron chi connectivity index (χ2n) is 1.78. The van der Waals surface area contributed by atoms with Crippen molar-refractivity contribution in [1.82, 2.24) is 0 Å². The van der Waals surface area contributed by atoms with Crippen LogP contribution in [0.1, 0.15) is 13.8 Å². The normalized spacial score (nSPS) is 12.9. The Morgan fingerprint density at radius 1 is 1.88 bits per heavy atom. The van der Waals surface area contributed by atoms with Gasteiger partial charge in [-0.05, 0) is 6.92 Å². The van der Waals surface area contributed by atoms with E-state index < -0.39 is 0 Å². The average Bonchev–Trinajstić information content (AvgIpc) is 1.61. The number of nitrogens with two attached hydrogens (primary N) is 1. The summed E-state index contributed by atoms with van der Waals surface area (Å²) in [5.74, 6) is -0.276. The molecule has 0 aromatic carbocycles. The fourth-order valence-electron chi connectivity index (χ4n) is 0.249. The topological polar surface area (TPSA) is 52.3 Å². The molecule has 0 rings (SSSR count). The van der Waals surface area contributed by atoms with Crippen molar-refractivity contribution in [2.45, 2.75) is 19.9 Å². The minimum absolute atomic E-state index is 0.0566. The average molecular weight is 117 g/mol. The molecule has 3 nitrogen and oxygen atoms in total. The zero-order valence-corrected chi connectivity index (χ0v) is 5.18. The van der Waals surface area contributed by atoms with Gasteiger partial charge in [0, 0.05) is 13.0 Å². The lowest BCUT2D eigenvalue weighted by atomic mass is 10.4. The quantitative estimate of drug-likeness (QED) is 0.514. The summed E-state index contributed by atoms with van der Waals surface area (Å²) >= 11 is 0. The highest BCUT2D eigenvalue weighted by molar-refractivity contribution is 5.65. The van der Waals surface area contributed by atoms with Gasteiger partial charge >= 0.3 is 5.97 Å². The molecule has 0 saturated carbocycles. The first kappa shape index (κ1) is 7.43. The Morgan fingerprint density at radius 2 is 2.38 bits per heavy atom. The first-order valence-corrected chi connectivity index (χ1v) is 2.52. The predicted molar refractivity (Wildman–Crippen MR) is 30.3 cm³/mol. The number of hydrogen-bond donors (Lipinski definition) is 1. The molecule has 0 aromatic heterocycles. The first-order valence-electron chi connectivity index (χ1n) is 2.52. The monoisotopic (exact) mass is 117 g/mol. The molecule has 0 aromatic rings. The van der Waals surface area contributed by atoms with Crippen molar-refractivity contribution in [1.29, 1.82) is 0 Å².